The Morgan fingerprint density at radius 1 is 0.818 bits per heavy atom. The van der Waals surface area contributed by atoms with Crippen molar-refractivity contribution in [2.75, 3.05) is 6.54 Å². The van der Waals surface area contributed by atoms with E-state index in [1.165, 1.54) is 21.9 Å². The van der Waals surface area contributed by atoms with Gasteiger partial charge in [0.25, 0.3) is 0 Å². The summed E-state index contributed by atoms with van der Waals surface area (Å²) in [5.74, 6) is 0. The summed E-state index contributed by atoms with van der Waals surface area (Å²) in [6, 6.07) is 25.8. The predicted octanol–water partition coefficient (Wildman–Crippen LogP) is 3.50. The molecule has 3 aromatic rings. The second-order valence-corrected chi connectivity index (χ2v) is 5.64. The SMILES string of the molecule is NC[C@H](Cc1cccc2ccccc12)NCc1ccccc1. The van der Waals surface area contributed by atoms with Gasteiger partial charge in [-0.3, -0.25) is 0 Å². The van der Waals surface area contributed by atoms with Gasteiger partial charge in [0.15, 0.2) is 0 Å². The molecule has 3 rings (SSSR count). The van der Waals surface area contributed by atoms with Crippen LogP contribution in [0.15, 0.2) is 72.8 Å². The topological polar surface area (TPSA) is 38.0 Å². The fourth-order valence-electron chi connectivity index (χ4n) is 2.83. The van der Waals surface area contributed by atoms with E-state index in [0.29, 0.717) is 6.54 Å². The third-order valence-corrected chi connectivity index (χ3v) is 4.07. The molecule has 1 atom stereocenters. The minimum Gasteiger partial charge on any atom is -0.329 e. The molecule has 112 valence electrons. The second kappa shape index (κ2) is 7.21. The molecule has 0 bridgehead atoms. The molecule has 0 fully saturated rings. The van der Waals surface area contributed by atoms with Crippen LogP contribution in [0.3, 0.4) is 0 Å². The minimum absolute atomic E-state index is 0.283. The van der Waals surface area contributed by atoms with E-state index < -0.39 is 0 Å². The van der Waals surface area contributed by atoms with E-state index in [-0.39, 0.29) is 6.04 Å². The Hall–Kier alpha value is -2.16. The van der Waals surface area contributed by atoms with E-state index in [0.717, 1.165) is 13.0 Å². The van der Waals surface area contributed by atoms with Gasteiger partial charge in [-0.1, -0.05) is 72.8 Å². The largest absolute Gasteiger partial charge is 0.329 e. The average Bonchev–Trinajstić information content (AvgIpc) is 2.59. The molecule has 0 amide bonds. The molecule has 3 N–H and O–H groups in total. The van der Waals surface area contributed by atoms with Gasteiger partial charge in [0.2, 0.25) is 0 Å². The monoisotopic (exact) mass is 290 g/mol. The lowest BCUT2D eigenvalue weighted by atomic mass is 9.98. The van der Waals surface area contributed by atoms with Crippen molar-refractivity contribution >= 4 is 10.8 Å². The molecule has 2 heteroatoms. The molecule has 0 aliphatic rings. The highest BCUT2D eigenvalue weighted by Gasteiger charge is 2.09. The molecule has 0 saturated heterocycles. The van der Waals surface area contributed by atoms with Crippen molar-refractivity contribution in [2.45, 2.75) is 19.0 Å². The van der Waals surface area contributed by atoms with Crippen molar-refractivity contribution in [3.05, 3.63) is 83.9 Å². The smallest absolute Gasteiger partial charge is 0.0234 e. The van der Waals surface area contributed by atoms with Gasteiger partial charge < -0.3 is 11.1 Å². The normalized spacial score (nSPS) is 12.4. The van der Waals surface area contributed by atoms with Gasteiger partial charge in [0, 0.05) is 19.1 Å². The number of hydrogen-bond donors (Lipinski definition) is 2. The summed E-state index contributed by atoms with van der Waals surface area (Å²) < 4.78 is 0. The van der Waals surface area contributed by atoms with Gasteiger partial charge in [-0.25, -0.2) is 0 Å². The van der Waals surface area contributed by atoms with Crippen molar-refractivity contribution in [2.24, 2.45) is 5.73 Å². The molecule has 0 heterocycles. The summed E-state index contributed by atoms with van der Waals surface area (Å²) in [4.78, 5) is 0. The summed E-state index contributed by atoms with van der Waals surface area (Å²) in [5, 5.41) is 6.19. The van der Waals surface area contributed by atoms with Crippen molar-refractivity contribution < 1.29 is 0 Å². The van der Waals surface area contributed by atoms with E-state index in [1.807, 2.05) is 6.07 Å². The summed E-state index contributed by atoms with van der Waals surface area (Å²) in [6.45, 7) is 1.49. The maximum absolute atomic E-state index is 5.97. The van der Waals surface area contributed by atoms with E-state index >= 15 is 0 Å². The number of nitrogens with two attached hydrogens (primary N) is 1. The Morgan fingerprint density at radius 2 is 1.55 bits per heavy atom. The van der Waals surface area contributed by atoms with Crippen LogP contribution in [-0.2, 0) is 13.0 Å². The Balaban J connectivity index is 1.71. The molecule has 0 aliphatic carbocycles. The molecule has 3 aromatic carbocycles. The maximum atomic E-state index is 5.97. The summed E-state index contributed by atoms with van der Waals surface area (Å²) in [6.07, 6.45) is 0.949. The van der Waals surface area contributed by atoms with Gasteiger partial charge in [0.1, 0.15) is 0 Å². The highest BCUT2D eigenvalue weighted by atomic mass is 14.9. The molecule has 0 aromatic heterocycles. The van der Waals surface area contributed by atoms with E-state index in [1.54, 1.807) is 0 Å². The van der Waals surface area contributed by atoms with Gasteiger partial charge >= 0.3 is 0 Å². The maximum Gasteiger partial charge on any atom is 0.0234 e. The lowest BCUT2D eigenvalue weighted by Crippen LogP contribution is -2.37. The van der Waals surface area contributed by atoms with Crippen LogP contribution in [-0.4, -0.2) is 12.6 Å². The zero-order valence-electron chi connectivity index (χ0n) is 12.7. The van der Waals surface area contributed by atoms with Crippen LogP contribution in [0.2, 0.25) is 0 Å². The van der Waals surface area contributed by atoms with E-state index in [9.17, 15) is 0 Å². The quantitative estimate of drug-likeness (QED) is 0.729. The zero-order chi connectivity index (χ0) is 15.2. The Labute approximate surface area is 132 Å². The molecule has 0 spiro atoms. The van der Waals surface area contributed by atoms with Crippen molar-refractivity contribution in [3.63, 3.8) is 0 Å². The summed E-state index contributed by atoms with van der Waals surface area (Å²) in [5.41, 5.74) is 8.61. The molecule has 22 heavy (non-hydrogen) atoms. The van der Waals surface area contributed by atoms with Crippen LogP contribution < -0.4 is 11.1 Å². The lowest BCUT2D eigenvalue weighted by Gasteiger charge is -2.18. The standard InChI is InChI=1S/C20H22N2/c21-14-19(22-15-16-7-2-1-3-8-16)13-18-11-6-10-17-9-4-5-12-20(17)18/h1-12,19,22H,13-15,21H2/t19-/m0/s1. The fraction of sp³-hybridized carbons (Fsp3) is 0.200. The Bertz CT molecular complexity index is 717. The summed E-state index contributed by atoms with van der Waals surface area (Å²) in [7, 11) is 0. The van der Waals surface area contributed by atoms with E-state index in [2.05, 4.69) is 72.0 Å². The highest BCUT2D eigenvalue weighted by molar-refractivity contribution is 5.85. The van der Waals surface area contributed by atoms with Gasteiger partial charge in [0.05, 0.1) is 0 Å². The first kappa shape index (κ1) is 14.8. The highest BCUT2D eigenvalue weighted by Crippen LogP contribution is 2.19. The van der Waals surface area contributed by atoms with Crippen LogP contribution in [0.1, 0.15) is 11.1 Å². The fourth-order valence-corrected chi connectivity index (χ4v) is 2.83. The average molecular weight is 290 g/mol. The second-order valence-electron chi connectivity index (χ2n) is 5.64. The molecular formula is C20H22N2. The van der Waals surface area contributed by atoms with Crippen LogP contribution in [0.5, 0.6) is 0 Å². The minimum atomic E-state index is 0.283. The van der Waals surface area contributed by atoms with Crippen molar-refractivity contribution in [1.29, 1.82) is 0 Å². The van der Waals surface area contributed by atoms with Crippen LogP contribution in [0.25, 0.3) is 10.8 Å². The molecule has 0 unspecified atom stereocenters. The first-order valence-corrected chi connectivity index (χ1v) is 7.81. The predicted molar refractivity (Wildman–Crippen MR) is 93.8 cm³/mol. The molecule has 0 saturated carbocycles. The van der Waals surface area contributed by atoms with Gasteiger partial charge in [-0.05, 0) is 28.3 Å². The number of nitrogens with one attached hydrogen (secondary N) is 1. The number of benzene rings is 3. The van der Waals surface area contributed by atoms with Gasteiger partial charge in [-0.15, -0.1) is 0 Å². The molecular weight excluding hydrogens is 268 g/mol. The third-order valence-electron chi connectivity index (χ3n) is 4.07. The van der Waals surface area contributed by atoms with Crippen molar-refractivity contribution in [1.82, 2.24) is 5.32 Å². The van der Waals surface area contributed by atoms with Crippen LogP contribution >= 0.6 is 0 Å². The Kier molecular flexibility index (Phi) is 4.84. The first-order valence-electron chi connectivity index (χ1n) is 7.81. The van der Waals surface area contributed by atoms with Crippen LogP contribution in [0.4, 0.5) is 0 Å². The first-order chi connectivity index (χ1) is 10.9. The number of rotatable bonds is 6. The third kappa shape index (κ3) is 3.53. The molecule has 2 nitrogen and oxygen atoms in total. The van der Waals surface area contributed by atoms with E-state index in [4.69, 9.17) is 5.73 Å². The van der Waals surface area contributed by atoms with Gasteiger partial charge in [-0.2, -0.15) is 0 Å². The number of hydrogen-bond acceptors (Lipinski definition) is 2. The summed E-state index contributed by atoms with van der Waals surface area (Å²) >= 11 is 0. The van der Waals surface area contributed by atoms with Crippen LogP contribution in [0, 0.1) is 0 Å². The molecule has 0 aliphatic heterocycles. The van der Waals surface area contributed by atoms with Crippen molar-refractivity contribution in [3.8, 4) is 0 Å². The zero-order valence-corrected chi connectivity index (χ0v) is 12.7. The Morgan fingerprint density at radius 3 is 2.36 bits per heavy atom. The molecule has 0 radical (unpaired) electrons. The number of fused-ring (bicyclic) bond motifs is 1. The lowest BCUT2D eigenvalue weighted by molar-refractivity contribution is 0.517.